The number of aryl methyl sites for hydroxylation is 1. The van der Waals surface area contributed by atoms with Crippen molar-refractivity contribution in [3.05, 3.63) is 88.4 Å². The summed E-state index contributed by atoms with van der Waals surface area (Å²) in [5.74, 6) is -1.69. The molecule has 1 N–H and O–H groups in total. The van der Waals surface area contributed by atoms with E-state index in [1.807, 2.05) is 6.92 Å². The molecule has 1 atom stereocenters. The van der Waals surface area contributed by atoms with E-state index in [-0.39, 0.29) is 16.3 Å². The number of anilines is 1. The summed E-state index contributed by atoms with van der Waals surface area (Å²) in [5, 5.41) is 10.2. The van der Waals surface area contributed by atoms with Crippen LogP contribution in [-0.2, 0) is 22.3 Å². The van der Waals surface area contributed by atoms with Crippen molar-refractivity contribution >= 4 is 40.2 Å². The molecule has 1 aromatic heterocycles. The Morgan fingerprint density at radius 1 is 1.09 bits per heavy atom. The van der Waals surface area contributed by atoms with Crippen molar-refractivity contribution in [1.29, 1.82) is 0 Å². The maximum absolute atomic E-state index is 13.1. The fourth-order valence-corrected chi connectivity index (χ4v) is 3.57. The Hall–Kier alpha value is -3.92. The standard InChI is InChI=1S/C24H18ClF3N4O3/c1-2-32-20-11-8-15(12-19(20)30-31-32)23(34)35-21(14-6-4-3-5-7-14)22(33)29-18-13-16(24(26,27)28)9-10-17(18)25/h3-13,21H,2H2,1H3,(H,29,33). The van der Waals surface area contributed by atoms with Crippen LogP contribution in [0.15, 0.2) is 66.7 Å². The number of nitrogens with one attached hydrogen (secondary N) is 1. The van der Waals surface area contributed by atoms with E-state index in [4.69, 9.17) is 16.3 Å². The lowest BCUT2D eigenvalue weighted by Gasteiger charge is -2.19. The number of carbonyl (C=O) groups is 2. The molecule has 3 aromatic carbocycles. The van der Waals surface area contributed by atoms with Crippen molar-refractivity contribution in [1.82, 2.24) is 15.0 Å². The fraction of sp³-hybridized carbons (Fsp3) is 0.167. The molecule has 1 heterocycles. The zero-order valence-corrected chi connectivity index (χ0v) is 19.0. The molecular formula is C24H18ClF3N4O3. The zero-order valence-electron chi connectivity index (χ0n) is 18.2. The Morgan fingerprint density at radius 2 is 1.83 bits per heavy atom. The Kier molecular flexibility index (Phi) is 6.74. The van der Waals surface area contributed by atoms with Crippen LogP contribution in [0, 0.1) is 0 Å². The summed E-state index contributed by atoms with van der Waals surface area (Å²) in [6.07, 6.45) is -6.09. The van der Waals surface area contributed by atoms with Crippen LogP contribution in [0.4, 0.5) is 18.9 Å². The average Bonchev–Trinajstić information content (AvgIpc) is 3.26. The SMILES string of the molecule is CCn1nnc2cc(C(=O)OC(C(=O)Nc3cc(C(F)(F)F)ccc3Cl)c3ccccc3)ccc21. The van der Waals surface area contributed by atoms with Gasteiger partial charge in [-0.15, -0.1) is 5.10 Å². The molecule has 0 saturated carbocycles. The highest BCUT2D eigenvalue weighted by molar-refractivity contribution is 6.33. The third-order valence-corrected chi connectivity index (χ3v) is 5.50. The molecular weight excluding hydrogens is 485 g/mol. The monoisotopic (exact) mass is 502 g/mol. The van der Waals surface area contributed by atoms with Gasteiger partial charge in [-0.25, -0.2) is 9.48 Å². The molecule has 4 aromatic rings. The molecule has 0 fully saturated rings. The van der Waals surface area contributed by atoms with Gasteiger partial charge < -0.3 is 10.1 Å². The molecule has 0 aliphatic carbocycles. The summed E-state index contributed by atoms with van der Waals surface area (Å²) in [7, 11) is 0. The van der Waals surface area contributed by atoms with Crippen LogP contribution in [0.1, 0.15) is 34.5 Å². The summed E-state index contributed by atoms with van der Waals surface area (Å²) in [6, 6.07) is 15.3. The van der Waals surface area contributed by atoms with Crippen LogP contribution in [-0.4, -0.2) is 26.9 Å². The van der Waals surface area contributed by atoms with Crippen molar-refractivity contribution in [2.24, 2.45) is 0 Å². The second kappa shape index (κ2) is 9.75. The molecule has 4 rings (SSSR count). The van der Waals surface area contributed by atoms with Crippen molar-refractivity contribution in [2.75, 3.05) is 5.32 Å². The highest BCUT2D eigenvalue weighted by atomic mass is 35.5. The van der Waals surface area contributed by atoms with E-state index in [1.54, 1.807) is 41.1 Å². The topological polar surface area (TPSA) is 86.1 Å². The Morgan fingerprint density at radius 3 is 2.51 bits per heavy atom. The van der Waals surface area contributed by atoms with Crippen LogP contribution in [0.2, 0.25) is 5.02 Å². The predicted molar refractivity (Wildman–Crippen MR) is 123 cm³/mol. The van der Waals surface area contributed by atoms with Crippen LogP contribution in [0.25, 0.3) is 11.0 Å². The lowest BCUT2D eigenvalue weighted by atomic mass is 10.1. The predicted octanol–water partition coefficient (Wildman–Crippen LogP) is 5.66. The number of esters is 1. The van der Waals surface area contributed by atoms with E-state index < -0.39 is 29.7 Å². The molecule has 1 unspecified atom stereocenters. The number of fused-ring (bicyclic) bond motifs is 1. The second-order valence-electron chi connectivity index (χ2n) is 7.49. The highest BCUT2D eigenvalue weighted by Crippen LogP contribution is 2.34. The molecule has 0 spiro atoms. The molecule has 1 amide bonds. The number of amides is 1. The first kappa shape index (κ1) is 24.2. The number of carbonyl (C=O) groups excluding carboxylic acids is 2. The van der Waals surface area contributed by atoms with Gasteiger partial charge in [0.25, 0.3) is 5.91 Å². The first-order valence-electron chi connectivity index (χ1n) is 10.4. The summed E-state index contributed by atoms with van der Waals surface area (Å²) in [6.45, 7) is 2.49. The highest BCUT2D eigenvalue weighted by Gasteiger charge is 2.32. The van der Waals surface area contributed by atoms with E-state index >= 15 is 0 Å². The summed E-state index contributed by atoms with van der Waals surface area (Å²) in [4.78, 5) is 26.0. The normalized spacial score (nSPS) is 12.4. The largest absolute Gasteiger partial charge is 0.444 e. The number of halogens is 4. The first-order valence-corrected chi connectivity index (χ1v) is 10.8. The third kappa shape index (κ3) is 5.27. The van der Waals surface area contributed by atoms with E-state index in [1.165, 1.54) is 12.1 Å². The number of rotatable bonds is 6. The van der Waals surface area contributed by atoms with Gasteiger partial charge in [0.1, 0.15) is 5.52 Å². The molecule has 11 heteroatoms. The van der Waals surface area contributed by atoms with Crippen molar-refractivity contribution in [3.63, 3.8) is 0 Å². The molecule has 35 heavy (non-hydrogen) atoms. The Labute approximate surface area is 202 Å². The quantitative estimate of drug-likeness (QED) is 0.344. The summed E-state index contributed by atoms with van der Waals surface area (Å²) in [5.41, 5.74) is 0.393. The van der Waals surface area contributed by atoms with Crippen molar-refractivity contribution in [3.8, 4) is 0 Å². The van der Waals surface area contributed by atoms with Gasteiger partial charge >= 0.3 is 12.1 Å². The van der Waals surface area contributed by atoms with Gasteiger partial charge in [-0.3, -0.25) is 4.79 Å². The summed E-state index contributed by atoms with van der Waals surface area (Å²) < 4.78 is 46.5. The van der Waals surface area contributed by atoms with E-state index in [9.17, 15) is 22.8 Å². The maximum atomic E-state index is 13.1. The van der Waals surface area contributed by atoms with Gasteiger partial charge in [0.05, 0.1) is 27.4 Å². The molecule has 0 bridgehead atoms. The molecule has 0 aliphatic heterocycles. The number of benzene rings is 3. The molecule has 7 nitrogen and oxygen atoms in total. The van der Waals surface area contributed by atoms with Gasteiger partial charge in [0.2, 0.25) is 6.10 Å². The van der Waals surface area contributed by atoms with Gasteiger partial charge in [-0.1, -0.05) is 47.1 Å². The maximum Gasteiger partial charge on any atom is 0.416 e. The zero-order chi connectivity index (χ0) is 25.2. The smallest absolute Gasteiger partial charge is 0.416 e. The van der Waals surface area contributed by atoms with Crippen molar-refractivity contribution in [2.45, 2.75) is 25.7 Å². The second-order valence-corrected chi connectivity index (χ2v) is 7.89. The van der Waals surface area contributed by atoms with Crippen LogP contribution in [0.3, 0.4) is 0 Å². The molecule has 0 saturated heterocycles. The third-order valence-electron chi connectivity index (χ3n) is 5.17. The van der Waals surface area contributed by atoms with Gasteiger partial charge in [-0.2, -0.15) is 13.2 Å². The van der Waals surface area contributed by atoms with Crippen LogP contribution < -0.4 is 5.32 Å². The van der Waals surface area contributed by atoms with E-state index in [0.29, 0.717) is 17.6 Å². The van der Waals surface area contributed by atoms with Crippen LogP contribution >= 0.6 is 11.6 Å². The molecule has 0 radical (unpaired) electrons. The number of hydrogen-bond acceptors (Lipinski definition) is 5. The minimum Gasteiger partial charge on any atom is -0.444 e. The number of nitrogens with zero attached hydrogens (tertiary/aromatic N) is 3. The van der Waals surface area contributed by atoms with Crippen molar-refractivity contribution < 1.29 is 27.5 Å². The van der Waals surface area contributed by atoms with Crippen LogP contribution in [0.5, 0.6) is 0 Å². The van der Waals surface area contributed by atoms with Gasteiger partial charge in [0.15, 0.2) is 0 Å². The Bertz CT molecular complexity index is 1390. The average molecular weight is 503 g/mol. The molecule has 180 valence electrons. The van der Waals surface area contributed by atoms with E-state index in [0.717, 1.165) is 23.7 Å². The van der Waals surface area contributed by atoms with Gasteiger partial charge in [-0.05, 0) is 43.3 Å². The number of hydrogen-bond donors (Lipinski definition) is 1. The number of aromatic nitrogens is 3. The lowest BCUT2D eigenvalue weighted by Crippen LogP contribution is -2.26. The minimum atomic E-state index is -4.63. The Balaban J connectivity index is 1.62. The van der Waals surface area contributed by atoms with E-state index in [2.05, 4.69) is 15.6 Å². The number of ether oxygens (including phenoxy) is 1. The number of alkyl halides is 3. The summed E-state index contributed by atoms with van der Waals surface area (Å²) >= 11 is 6.01. The lowest BCUT2D eigenvalue weighted by molar-refractivity contribution is -0.137. The fourth-order valence-electron chi connectivity index (χ4n) is 3.40. The van der Waals surface area contributed by atoms with Gasteiger partial charge in [0, 0.05) is 12.1 Å². The first-order chi connectivity index (χ1) is 16.7. The molecule has 0 aliphatic rings. The minimum absolute atomic E-state index is 0.103.